The Kier molecular flexibility index (Phi) is 7.68. The van der Waals surface area contributed by atoms with Crippen LogP contribution in [0, 0.1) is 5.82 Å². The smallest absolute Gasteiger partial charge is 0.251 e. The first-order chi connectivity index (χ1) is 15.3. The zero-order valence-corrected chi connectivity index (χ0v) is 19.2. The summed E-state index contributed by atoms with van der Waals surface area (Å²) < 4.78 is 41.7. The molecule has 1 aliphatic rings. The number of halogens is 1. The maximum absolute atomic E-state index is 13.9. The molecule has 0 unspecified atom stereocenters. The van der Waals surface area contributed by atoms with Gasteiger partial charge in [-0.25, -0.2) is 12.8 Å². The molecule has 0 aliphatic carbocycles. The number of aromatic nitrogens is 1. The van der Waals surface area contributed by atoms with E-state index in [1.165, 1.54) is 28.7 Å². The van der Waals surface area contributed by atoms with E-state index in [-0.39, 0.29) is 18.0 Å². The fraction of sp³-hybridized carbons (Fsp3) is 0.455. The van der Waals surface area contributed by atoms with Gasteiger partial charge < -0.3 is 14.8 Å². The number of hydrogen-bond acceptors (Lipinski definition) is 5. The van der Waals surface area contributed by atoms with E-state index in [0.717, 1.165) is 48.7 Å². The molecule has 32 heavy (non-hydrogen) atoms. The molecule has 1 N–H and O–H groups in total. The minimum Gasteiger partial charge on any atom is -0.370 e. The Morgan fingerprint density at radius 1 is 1.09 bits per heavy atom. The van der Waals surface area contributed by atoms with Gasteiger partial charge in [-0.2, -0.15) is 4.31 Å². The zero-order valence-electron chi connectivity index (χ0n) is 18.4. The van der Waals surface area contributed by atoms with Gasteiger partial charge in [-0.3, -0.25) is 9.59 Å². The number of carbonyl (C=O) groups excluding carboxylic acids is 1. The van der Waals surface area contributed by atoms with Crippen LogP contribution in [0.3, 0.4) is 0 Å². The molecule has 0 bridgehead atoms. The molecule has 10 heteroatoms. The third-order valence-electron chi connectivity index (χ3n) is 5.54. The lowest BCUT2D eigenvalue weighted by Crippen LogP contribution is -2.33. The van der Waals surface area contributed by atoms with Crippen molar-refractivity contribution in [1.29, 1.82) is 0 Å². The zero-order chi connectivity index (χ0) is 23.3. The number of carbonyl (C=O) groups is 1. The van der Waals surface area contributed by atoms with Gasteiger partial charge in [-0.1, -0.05) is 13.8 Å². The Balaban J connectivity index is 1.83. The number of nitrogens with zero attached hydrogens (tertiary/aromatic N) is 3. The van der Waals surface area contributed by atoms with Crippen LogP contribution in [0.15, 0.2) is 46.2 Å². The van der Waals surface area contributed by atoms with Crippen molar-refractivity contribution in [2.75, 3.05) is 36.4 Å². The largest absolute Gasteiger partial charge is 0.370 e. The third kappa shape index (κ3) is 5.36. The van der Waals surface area contributed by atoms with Crippen molar-refractivity contribution in [2.45, 2.75) is 44.6 Å². The number of piperidine rings is 1. The molecule has 1 saturated heterocycles. The molecular weight excluding hydrogens is 435 g/mol. The standard InChI is InChI=1S/C22H29FN4O4S/c1-3-27(4-2)32(30,31)18-9-11-22(29)26(15-18)16-21(28)24-19-14-17(23)8-10-20(19)25-12-6-5-7-13-25/h8-11,14-15H,3-7,12-13,16H2,1-2H3,(H,24,28). The Morgan fingerprint density at radius 2 is 1.78 bits per heavy atom. The quantitative estimate of drug-likeness (QED) is 0.649. The highest BCUT2D eigenvalue weighted by atomic mass is 32.2. The fourth-order valence-electron chi connectivity index (χ4n) is 3.86. The molecule has 1 fully saturated rings. The molecule has 1 amide bonds. The molecule has 8 nitrogen and oxygen atoms in total. The molecule has 174 valence electrons. The lowest BCUT2D eigenvalue weighted by molar-refractivity contribution is -0.116. The maximum Gasteiger partial charge on any atom is 0.251 e. The van der Waals surface area contributed by atoms with E-state index in [9.17, 15) is 22.4 Å². The summed E-state index contributed by atoms with van der Waals surface area (Å²) in [6.07, 6.45) is 4.35. The van der Waals surface area contributed by atoms with Crippen molar-refractivity contribution in [2.24, 2.45) is 0 Å². The monoisotopic (exact) mass is 464 g/mol. The number of amides is 1. The maximum atomic E-state index is 13.9. The number of benzene rings is 1. The van der Waals surface area contributed by atoms with Crippen LogP contribution in [0.5, 0.6) is 0 Å². The minimum atomic E-state index is -3.78. The average Bonchev–Trinajstić information content (AvgIpc) is 2.76. The number of anilines is 2. The van der Waals surface area contributed by atoms with Crippen molar-refractivity contribution in [3.05, 3.63) is 52.7 Å². The summed E-state index contributed by atoms with van der Waals surface area (Å²) in [5.41, 5.74) is 0.552. The van der Waals surface area contributed by atoms with Gasteiger partial charge in [-0.15, -0.1) is 0 Å². The second-order valence-corrected chi connectivity index (χ2v) is 9.62. The molecule has 3 rings (SSSR count). The second-order valence-electron chi connectivity index (χ2n) is 7.68. The molecule has 1 aliphatic heterocycles. The van der Waals surface area contributed by atoms with Crippen LogP contribution in [0.1, 0.15) is 33.1 Å². The number of sulfonamides is 1. The number of rotatable bonds is 8. The Bertz CT molecular complexity index is 1120. The van der Waals surface area contributed by atoms with E-state index >= 15 is 0 Å². The van der Waals surface area contributed by atoms with Crippen molar-refractivity contribution >= 4 is 27.3 Å². The molecule has 2 heterocycles. The summed E-state index contributed by atoms with van der Waals surface area (Å²) in [6.45, 7) is 5.27. The van der Waals surface area contributed by atoms with Gasteiger partial charge in [-0.05, 0) is 43.5 Å². The highest BCUT2D eigenvalue weighted by Gasteiger charge is 2.23. The molecule has 0 atom stereocenters. The highest BCUT2D eigenvalue weighted by Crippen LogP contribution is 2.29. The van der Waals surface area contributed by atoms with Gasteiger partial charge in [0.15, 0.2) is 0 Å². The molecule has 2 aromatic rings. The van der Waals surface area contributed by atoms with Crippen LogP contribution in [-0.4, -0.2) is 49.4 Å². The highest BCUT2D eigenvalue weighted by molar-refractivity contribution is 7.89. The van der Waals surface area contributed by atoms with Crippen molar-refractivity contribution < 1.29 is 17.6 Å². The molecule has 1 aromatic heterocycles. The predicted molar refractivity (Wildman–Crippen MR) is 122 cm³/mol. The van der Waals surface area contributed by atoms with Crippen LogP contribution in [-0.2, 0) is 21.4 Å². The topological polar surface area (TPSA) is 91.7 Å². The minimum absolute atomic E-state index is 0.0617. The van der Waals surface area contributed by atoms with Crippen LogP contribution in [0.25, 0.3) is 0 Å². The molecule has 1 aromatic carbocycles. The van der Waals surface area contributed by atoms with Crippen molar-refractivity contribution in [3.8, 4) is 0 Å². The van der Waals surface area contributed by atoms with Gasteiger partial charge in [0.05, 0.1) is 16.3 Å². The Hall–Kier alpha value is -2.72. The van der Waals surface area contributed by atoms with Gasteiger partial charge in [0.25, 0.3) is 5.56 Å². The molecule has 0 spiro atoms. The Labute approximate surface area is 187 Å². The SMILES string of the molecule is CCN(CC)S(=O)(=O)c1ccc(=O)n(CC(=O)Nc2cc(F)ccc2N2CCCCC2)c1. The summed E-state index contributed by atoms with van der Waals surface area (Å²) >= 11 is 0. The van der Waals surface area contributed by atoms with E-state index in [1.807, 2.05) is 0 Å². The lowest BCUT2D eigenvalue weighted by atomic mass is 10.1. The van der Waals surface area contributed by atoms with Crippen LogP contribution >= 0.6 is 0 Å². The molecular formula is C22H29FN4O4S. The first-order valence-electron chi connectivity index (χ1n) is 10.8. The summed E-state index contributed by atoms with van der Waals surface area (Å²) in [4.78, 5) is 27.0. The summed E-state index contributed by atoms with van der Waals surface area (Å²) in [7, 11) is -3.78. The van der Waals surface area contributed by atoms with Crippen LogP contribution < -0.4 is 15.8 Å². The summed E-state index contributed by atoms with van der Waals surface area (Å²) in [5, 5.41) is 2.69. The predicted octanol–water partition coefficient (Wildman–Crippen LogP) is 2.65. The van der Waals surface area contributed by atoms with E-state index in [0.29, 0.717) is 5.69 Å². The van der Waals surface area contributed by atoms with E-state index in [2.05, 4.69) is 10.2 Å². The van der Waals surface area contributed by atoms with E-state index in [4.69, 9.17) is 0 Å². The van der Waals surface area contributed by atoms with Crippen LogP contribution in [0.4, 0.5) is 15.8 Å². The lowest BCUT2D eigenvalue weighted by Gasteiger charge is -2.30. The van der Waals surface area contributed by atoms with Gasteiger partial charge in [0.2, 0.25) is 15.9 Å². The first-order valence-corrected chi connectivity index (χ1v) is 12.2. The van der Waals surface area contributed by atoms with Gasteiger partial charge in [0.1, 0.15) is 12.4 Å². The van der Waals surface area contributed by atoms with E-state index < -0.39 is 33.9 Å². The van der Waals surface area contributed by atoms with Crippen LogP contribution in [0.2, 0.25) is 0 Å². The van der Waals surface area contributed by atoms with Gasteiger partial charge >= 0.3 is 0 Å². The number of nitrogens with one attached hydrogen (secondary N) is 1. The van der Waals surface area contributed by atoms with Crippen molar-refractivity contribution in [3.63, 3.8) is 0 Å². The molecule has 0 saturated carbocycles. The molecule has 0 radical (unpaired) electrons. The van der Waals surface area contributed by atoms with E-state index in [1.54, 1.807) is 19.9 Å². The Morgan fingerprint density at radius 3 is 2.44 bits per heavy atom. The normalized spacial score (nSPS) is 14.6. The third-order valence-corrected chi connectivity index (χ3v) is 7.58. The number of hydrogen-bond donors (Lipinski definition) is 1. The number of pyridine rings is 1. The second kappa shape index (κ2) is 10.3. The summed E-state index contributed by atoms with van der Waals surface area (Å²) in [6, 6.07) is 6.62. The fourth-order valence-corrected chi connectivity index (χ4v) is 5.34. The first kappa shape index (κ1) is 23.9. The van der Waals surface area contributed by atoms with Crippen molar-refractivity contribution in [1.82, 2.24) is 8.87 Å². The summed E-state index contributed by atoms with van der Waals surface area (Å²) in [5.74, 6) is -1.03. The van der Waals surface area contributed by atoms with Gasteiger partial charge in [0, 0.05) is 38.4 Å². The average molecular weight is 465 g/mol.